The molecule has 0 aromatic heterocycles. The molecule has 0 radical (unpaired) electrons. The molecule has 0 saturated heterocycles. The largest absolute Gasteiger partial charge is 0.352 e. The molecule has 18 heavy (non-hydrogen) atoms. The van der Waals surface area contributed by atoms with Crippen LogP contribution >= 0.6 is 0 Å². The van der Waals surface area contributed by atoms with Crippen molar-refractivity contribution in [2.75, 3.05) is 12.8 Å². The average Bonchev–Trinajstić information content (AvgIpc) is 2.24. The number of sulfone groups is 1. The summed E-state index contributed by atoms with van der Waals surface area (Å²) in [4.78, 5) is 11.7. The van der Waals surface area contributed by atoms with Gasteiger partial charge in [-0.15, -0.1) is 0 Å². The number of amides is 1. The Balaban J connectivity index is 2.68. The number of nitrogens with one attached hydrogen (secondary N) is 1. The standard InChI is InChI=1S/C13H19NO3S/c1-10(2)8-14-13(15)12-6-4-11(5-7-12)9-18(3,16)17/h4-7,10H,8-9H2,1-3H3,(H,14,15). The minimum atomic E-state index is -3.03. The van der Waals surface area contributed by atoms with E-state index in [1.165, 1.54) is 6.26 Å². The van der Waals surface area contributed by atoms with Crippen molar-refractivity contribution in [2.45, 2.75) is 19.6 Å². The molecule has 5 heteroatoms. The van der Waals surface area contributed by atoms with Crippen LogP contribution < -0.4 is 5.32 Å². The maximum Gasteiger partial charge on any atom is 0.251 e. The molecule has 1 rings (SSSR count). The topological polar surface area (TPSA) is 63.2 Å². The van der Waals surface area contributed by atoms with Crippen molar-refractivity contribution in [3.8, 4) is 0 Å². The molecule has 0 fully saturated rings. The molecular weight excluding hydrogens is 250 g/mol. The Morgan fingerprint density at radius 1 is 1.22 bits per heavy atom. The highest BCUT2D eigenvalue weighted by molar-refractivity contribution is 7.89. The molecular formula is C13H19NO3S. The van der Waals surface area contributed by atoms with E-state index in [4.69, 9.17) is 0 Å². The summed E-state index contributed by atoms with van der Waals surface area (Å²) >= 11 is 0. The monoisotopic (exact) mass is 269 g/mol. The number of carbonyl (C=O) groups is 1. The Morgan fingerprint density at radius 3 is 2.22 bits per heavy atom. The normalized spacial score (nSPS) is 11.6. The molecule has 0 spiro atoms. The van der Waals surface area contributed by atoms with E-state index < -0.39 is 9.84 Å². The van der Waals surface area contributed by atoms with Gasteiger partial charge in [-0.1, -0.05) is 26.0 Å². The third-order valence-corrected chi connectivity index (χ3v) is 3.17. The molecule has 0 aliphatic rings. The SMILES string of the molecule is CC(C)CNC(=O)c1ccc(CS(C)(=O)=O)cc1. The second-order valence-corrected chi connectivity index (χ2v) is 7.01. The summed E-state index contributed by atoms with van der Waals surface area (Å²) in [5, 5.41) is 2.81. The third-order valence-electron chi connectivity index (χ3n) is 2.32. The predicted octanol–water partition coefficient (Wildman–Crippen LogP) is 1.62. The van der Waals surface area contributed by atoms with E-state index >= 15 is 0 Å². The van der Waals surface area contributed by atoms with E-state index in [1.807, 2.05) is 13.8 Å². The highest BCUT2D eigenvalue weighted by Crippen LogP contribution is 2.08. The van der Waals surface area contributed by atoms with Gasteiger partial charge in [0.2, 0.25) is 0 Å². The molecule has 1 amide bonds. The fraction of sp³-hybridized carbons (Fsp3) is 0.462. The van der Waals surface area contributed by atoms with Crippen LogP contribution in [0.2, 0.25) is 0 Å². The third kappa shape index (κ3) is 5.31. The van der Waals surface area contributed by atoms with Crippen molar-refractivity contribution in [3.05, 3.63) is 35.4 Å². The van der Waals surface area contributed by atoms with Crippen molar-refractivity contribution in [1.29, 1.82) is 0 Å². The van der Waals surface area contributed by atoms with Gasteiger partial charge in [0.25, 0.3) is 5.91 Å². The summed E-state index contributed by atoms with van der Waals surface area (Å²) in [6.07, 6.45) is 1.19. The number of benzene rings is 1. The zero-order valence-electron chi connectivity index (χ0n) is 10.9. The van der Waals surface area contributed by atoms with Crippen LogP contribution in [0, 0.1) is 5.92 Å². The van der Waals surface area contributed by atoms with Gasteiger partial charge in [-0.05, 0) is 23.6 Å². The van der Waals surface area contributed by atoms with Crippen LogP contribution in [0.3, 0.4) is 0 Å². The maximum absolute atomic E-state index is 11.7. The molecule has 0 saturated carbocycles. The lowest BCUT2D eigenvalue weighted by atomic mass is 10.1. The minimum absolute atomic E-state index is 0.000886. The number of rotatable bonds is 5. The zero-order chi connectivity index (χ0) is 13.8. The second kappa shape index (κ2) is 6.00. The first-order valence-corrected chi connectivity index (χ1v) is 7.89. The smallest absolute Gasteiger partial charge is 0.251 e. The molecule has 0 unspecified atom stereocenters. The number of hydrogen-bond acceptors (Lipinski definition) is 3. The molecule has 4 nitrogen and oxygen atoms in total. The van der Waals surface area contributed by atoms with Crippen molar-refractivity contribution in [1.82, 2.24) is 5.32 Å². The number of hydrogen-bond donors (Lipinski definition) is 1. The van der Waals surface area contributed by atoms with Gasteiger partial charge in [0, 0.05) is 18.4 Å². The van der Waals surface area contributed by atoms with Crippen LogP contribution in [0.4, 0.5) is 0 Å². The fourth-order valence-corrected chi connectivity index (χ4v) is 2.25. The van der Waals surface area contributed by atoms with E-state index in [0.29, 0.717) is 23.6 Å². The Hall–Kier alpha value is -1.36. The molecule has 1 N–H and O–H groups in total. The van der Waals surface area contributed by atoms with Crippen molar-refractivity contribution in [2.24, 2.45) is 5.92 Å². The van der Waals surface area contributed by atoms with Gasteiger partial charge >= 0.3 is 0 Å². The van der Waals surface area contributed by atoms with Crippen LogP contribution in [-0.4, -0.2) is 27.1 Å². The van der Waals surface area contributed by atoms with Crippen LogP contribution in [-0.2, 0) is 15.6 Å². The van der Waals surface area contributed by atoms with Crippen molar-refractivity contribution >= 4 is 15.7 Å². The highest BCUT2D eigenvalue weighted by atomic mass is 32.2. The fourth-order valence-electron chi connectivity index (χ4n) is 1.45. The summed E-state index contributed by atoms with van der Waals surface area (Å²) in [5.74, 6) is 0.272. The van der Waals surface area contributed by atoms with Gasteiger partial charge in [-0.25, -0.2) is 8.42 Å². The molecule has 0 bridgehead atoms. The second-order valence-electron chi connectivity index (χ2n) is 4.87. The van der Waals surface area contributed by atoms with Gasteiger partial charge in [0.15, 0.2) is 9.84 Å². The van der Waals surface area contributed by atoms with Gasteiger partial charge in [0.1, 0.15) is 0 Å². The van der Waals surface area contributed by atoms with Crippen LogP contribution in [0.5, 0.6) is 0 Å². The lowest BCUT2D eigenvalue weighted by Crippen LogP contribution is -2.27. The van der Waals surface area contributed by atoms with E-state index in [2.05, 4.69) is 5.32 Å². The molecule has 0 heterocycles. The minimum Gasteiger partial charge on any atom is -0.352 e. The quantitative estimate of drug-likeness (QED) is 0.883. The zero-order valence-corrected chi connectivity index (χ0v) is 11.8. The maximum atomic E-state index is 11.7. The Kier molecular flexibility index (Phi) is 4.90. The first-order chi connectivity index (χ1) is 8.28. The van der Waals surface area contributed by atoms with Crippen LogP contribution in [0.15, 0.2) is 24.3 Å². The molecule has 1 aromatic carbocycles. The van der Waals surface area contributed by atoms with Gasteiger partial charge < -0.3 is 5.32 Å². The Bertz CT molecular complexity index is 504. The van der Waals surface area contributed by atoms with Crippen molar-refractivity contribution in [3.63, 3.8) is 0 Å². The number of carbonyl (C=O) groups excluding carboxylic acids is 1. The van der Waals surface area contributed by atoms with Crippen LogP contribution in [0.1, 0.15) is 29.8 Å². The first-order valence-electron chi connectivity index (χ1n) is 5.83. The van der Waals surface area contributed by atoms with E-state index in [1.54, 1.807) is 24.3 Å². The Morgan fingerprint density at radius 2 is 1.78 bits per heavy atom. The Labute approximate surface area is 108 Å². The lowest BCUT2D eigenvalue weighted by Gasteiger charge is -2.08. The predicted molar refractivity (Wildman–Crippen MR) is 72.2 cm³/mol. The average molecular weight is 269 g/mol. The van der Waals surface area contributed by atoms with Crippen molar-refractivity contribution < 1.29 is 13.2 Å². The summed E-state index contributed by atoms with van der Waals surface area (Å²) in [6.45, 7) is 4.68. The summed E-state index contributed by atoms with van der Waals surface area (Å²) in [7, 11) is -3.03. The molecule has 1 aromatic rings. The molecule has 0 atom stereocenters. The highest BCUT2D eigenvalue weighted by Gasteiger charge is 2.08. The summed E-state index contributed by atoms with van der Waals surface area (Å²) < 4.78 is 22.2. The summed E-state index contributed by atoms with van der Waals surface area (Å²) in [5.41, 5.74) is 1.24. The first kappa shape index (κ1) is 14.7. The van der Waals surface area contributed by atoms with E-state index in [0.717, 1.165) is 0 Å². The van der Waals surface area contributed by atoms with E-state index in [-0.39, 0.29) is 11.7 Å². The molecule has 0 aliphatic carbocycles. The van der Waals surface area contributed by atoms with Gasteiger partial charge in [-0.2, -0.15) is 0 Å². The summed E-state index contributed by atoms with van der Waals surface area (Å²) in [6, 6.07) is 6.64. The molecule has 0 aliphatic heterocycles. The van der Waals surface area contributed by atoms with Gasteiger partial charge in [-0.3, -0.25) is 4.79 Å². The molecule has 100 valence electrons. The van der Waals surface area contributed by atoms with Gasteiger partial charge in [0.05, 0.1) is 5.75 Å². The van der Waals surface area contributed by atoms with E-state index in [9.17, 15) is 13.2 Å². The lowest BCUT2D eigenvalue weighted by molar-refractivity contribution is 0.0949. The van der Waals surface area contributed by atoms with Crippen LogP contribution in [0.25, 0.3) is 0 Å².